The number of nitrogens with two attached hydrogens (primary N) is 1. The maximum atomic E-state index is 8.79. The third kappa shape index (κ3) is 2.62. The lowest BCUT2D eigenvalue weighted by Crippen LogP contribution is -1.98. The van der Waals surface area contributed by atoms with Crippen LogP contribution in [0.2, 0.25) is 0 Å². The van der Waals surface area contributed by atoms with E-state index in [0.29, 0.717) is 17.0 Å². The Bertz CT molecular complexity index is 557. The summed E-state index contributed by atoms with van der Waals surface area (Å²) in [6, 6.07) is 7.19. The molecule has 17 heavy (non-hydrogen) atoms. The standard InChI is InChI=1S/C11H7IN4O/c12-8-4-7(6-13)5-9(14)10(8)17-11-15-2-1-3-16-11/h1-5H,14H2. The second-order valence-corrected chi connectivity index (χ2v) is 4.28. The van der Waals surface area contributed by atoms with Crippen LogP contribution in [0.5, 0.6) is 11.8 Å². The van der Waals surface area contributed by atoms with E-state index in [0.717, 1.165) is 3.57 Å². The zero-order valence-corrected chi connectivity index (χ0v) is 10.7. The second-order valence-electron chi connectivity index (χ2n) is 3.12. The third-order valence-electron chi connectivity index (χ3n) is 1.94. The molecule has 1 aromatic carbocycles. The molecule has 1 aromatic heterocycles. The van der Waals surface area contributed by atoms with E-state index >= 15 is 0 Å². The molecule has 5 nitrogen and oxygen atoms in total. The van der Waals surface area contributed by atoms with Crippen LogP contribution < -0.4 is 10.5 Å². The average Bonchev–Trinajstić information content (AvgIpc) is 2.35. The fourth-order valence-electron chi connectivity index (χ4n) is 1.22. The first-order valence-electron chi connectivity index (χ1n) is 4.64. The van der Waals surface area contributed by atoms with Crippen molar-refractivity contribution >= 4 is 28.3 Å². The maximum Gasteiger partial charge on any atom is 0.321 e. The van der Waals surface area contributed by atoms with E-state index in [9.17, 15) is 0 Å². The molecular weight excluding hydrogens is 331 g/mol. The van der Waals surface area contributed by atoms with Crippen molar-refractivity contribution in [1.82, 2.24) is 9.97 Å². The molecule has 2 rings (SSSR count). The molecule has 0 bridgehead atoms. The summed E-state index contributed by atoms with van der Waals surface area (Å²) >= 11 is 2.05. The lowest BCUT2D eigenvalue weighted by molar-refractivity contribution is 0.441. The van der Waals surface area contributed by atoms with Crippen LogP contribution in [0.25, 0.3) is 0 Å². The molecule has 84 valence electrons. The van der Waals surface area contributed by atoms with Gasteiger partial charge in [-0.1, -0.05) is 0 Å². The highest BCUT2D eigenvalue weighted by Gasteiger charge is 2.10. The van der Waals surface area contributed by atoms with Gasteiger partial charge >= 0.3 is 6.01 Å². The number of nitriles is 1. The minimum absolute atomic E-state index is 0.224. The fraction of sp³-hybridized carbons (Fsp3) is 0. The highest BCUT2D eigenvalue weighted by atomic mass is 127. The first kappa shape index (κ1) is 11.6. The summed E-state index contributed by atoms with van der Waals surface area (Å²) in [4.78, 5) is 7.88. The Hall–Kier alpha value is -1.88. The van der Waals surface area contributed by atoms with E-state index in [2.05, 4.69) is 32.6 Å². The molecule has 0 amide bonds. The van der Waals surface area contributed by atoms with E-state index in [-0.39, 0.29) is 6.01 Å². The van der Waals surface area contributed by atoms with Gasteiger partial charge in [-0.05, 0) is 40.8 Å². The number of halogens is 1. The molecule has 2 N–H and O–H groups in total. The van der Waals surface area contributed by atoms with Gasteiger partial charge in [-0.2, -0.15) is 5.26 Å². The van der Waals surface area contributed by atoms with Gasteiger partial charge in [-0.25, -0.2) is 9.97 Å². The second kappa shape index (κ2) is 4.97. The van der Waals surface area contributed by atoms with Crippen molar-refractivity contribution in [1.29, 1.82) is 5.26 Å². The summed E-state index contributed by atoms with van der Waals surface area (Å²) in [7, 11) is 0. The maximum absolute atomic E-state index is 8.79. The van der Waals surface area contributed by atoms with Gasteiger partial charge in [0.15, 0.2) is 5.75 Å². The number of benzene rings is 1. The highest BCUT2D eigenvalue weighted by molar-refractivity contribution is 14.1. The summed E-state index contributed by atoms with van der Waals surface area (Å²) in [5.74, 6) is 0.468. The Labute approximate surface area is 111 Å². The molecular formula is C11H7IN4O. The van der Waals surface area contributed by atoms with Crippen molar-refractivity contribution in [3.63, 3.8) is 0 Å². The molecule has 0 saturated heterocycles. The molecule has 0 radical (unpaired) electrons. The van der Waals surface area contributed by atoms with Gasteiger partial charge in [-0.15, -0.1) is 0 Å². The van der Waals surface area contributed by atoms with Crippen LogP contribution in [-0.4, -0.2) is 9.97 Å². The van der Waals surface area contributed by atoms with Crippen LogP contribution in [0.1, 0.15) is 5.56 Å². The predicted octanol–water partition coefficient (Wildman–Crippen LogP) is 2.33. The first-order valence-corrected chi connectivity index (χ1v) is 5.72. The molecule has 2 aromatic rings. The SMILES string of the molecule is N#Cc1cc(N)c(Oc2ncccn2)c(I)c1. The lowest BCUT2D eigenvalue weighted by Gasteiger charge is -2.08. The van der Waals surface area contributed by atoms with Crippen molar-refractivity contribution < 1.29 is 4.74 Å². The summed E-state index contributed by atoms with van der Waals surface area (Å²) in [5, 5.41) is 8.79. The highest BCUT2D eigenvalue weighted by Crippen LogP contribution is 2.32. The molecule has 0 aliphatic carbocycles. The minimum Gasteiger partial charge on any atom is -0.421 e. The van der Waals surface area contributed by atoms with Gasteiger partial charge in [0.25, 0.3) is 0 Å². The van der Waals surface area contributed by atoms with E-state index in [4.69, 9.17) is 15.7 Å². The van der Waals surface area contributed by atoms with Crippen molar-refractivity contribution in [2.24, 2.45) is 0 Å². The zero-order valence-electron chi connectivity index (χ0n) is 8.59. The number of nitrogen functional groups attached to an aromatic ring is 1. The molecule has 0 atom stereocenters. The molecule has 0 spiro atoms. The molecule has 0 saturated carbocycles. The van der Waals surface area contributed by atoms with Gasteiger partial charge in [0, 0.05) is 12.4 Å². The number of hydrogen-bond acceptors (Lipinski definition) is 5. The summed E-state index contributed by atoms with van der Waals surface area (Å²) in [6.07, 6.45) is 3.16. The van der Waals surface area contributed by atoms with Crippen LogP contribution in [0, 0.1) is 14.9 Å². The number of ether oxygens (including phenoxy) is 1. The lowest BCUT2D eigenvalue weighted by atomic mass is 10.2. The summed E-state index contributed by atoms with van der Waals surface area (Å²) in [6.45, 7) is 0. The quantitative estimate of drug-likeness (QED) is 0.671. The first-order chi connectivity index (χ1) is 8.20. The van der Waals surface area contributed by atoms with Gasteiger partial charge < -0.3 is 10.5 Å². The monoisotopic (exact) mass is 338 g/mol. The number of nitrogens with zero attached hydrogens (tertiary/aromatic N) is 3. The zero-order chi connectivity index (χ0) is 12.3. The number of anilines is 1. The van der Waals surface area contributed by atoms with Gasteiger partial charge in [0.05, 0.1) is 20.9 Å². The van der Waals surface area contributed by atoms with Gasteiger partial charge in [0.1, 0.15) is 0 Å². The van der Waals surface area contributed by atoms with Crippen molar-refractivity contribution in [3.8, 4) is 17.8 Å². The Kier molecular flexibility index (Phi) is 3.39. The van der Waals surface area contributed by atoms with E-state index in [1.54, 1.807) is 30.6 Å². The van der Waals surface area contributed by atoms with Gasteiger partial charge in [-0.3, -0.25) is 0 Å². The van der Waals surface area contributed by atoms with Crippen molar-refractivity contribution in [2.75, 3.05) is 5.73 Å². The minimum atomic E-state index is 0.224. The Balaban J connectivity index is 2.38. The van der Waals surface area contributed by atoms with E-state index in [1.807, 2.05) is 6.07 Å². The normalized spacial score (nSPS) is 9.65. The summed E-state index contributed by atoms with van der Waals surface area (Å²) < 4.78 is 6.22. The Morgan fingerprint density at radius 1 is 1.29 bits per heavy atom. The molecule has 0 aliphatic heterocycles. The molecule has 0 aliphatic rings. The van der Waals surface area contributed by atoms with Crippen LogP contribution in [0.4, 0.5) is 5.69 Å². The molecule has 0 fully saturated rings. The third-order valence-corrected chi connectivity index (χ3v) is 2.74. The topological polar surface area (TPSA) is 84.8 Å². The average molecular weight is 338 g/mol. The van der Waals surface area contributed by atoms with Crippen molar-refractivity contribution in [3.05, 3.63) is 39.7 Å². The van der Waals surface area contributed by atoms with Crippen LogP contribution in [0.3, 0.4) is 0 Å². The van der Waals surface area contributed by atoms with Crippen molar-refractivity contribution in [2.45, 2.75) is 0 Å². The Morgan fingerprint density at radius 3 is 2.59 bits per heavy atom. The molecule has 6 heteroatoms. The van der Waals surface area contributed by atoms with E-state index in [1.165, 1.54) is 0 Å². The number of rotatable bonds is 2. The fourth-order valence-corrected chi connectivity index (χ4v) is 1.97. The smallest absolute Gasteiger partial charge is 0.321 e. The van der Waals surface area contributed by atoms with Crippen LogP contribution in [0.15, 0.2) is 30.6 Å². The predicted molar refractivity (Wildman–Crippen MR) is 70.4 cm³/mol. The van der Waals surface area contributed by atoms with Crippen LogP contribution in [-0.2, 0) is 0 Å². The molecule has 0 unspecified atom stereocenters. The van der Waals surface area contributed by atoms with E-state index < -0.39 is 0 Å². The van der Waals surface area contributed by atoms with Gasteiger partial charge in [0.2, 0.25) is 0 Å². The molecule has 1 heterocycles. The number of aromatic nitrogens is 2. The Morgan fingerprint density at radius 2 is 2.00 bits per heavy atom. The van der Waals surface area contributed by atoms with Crippen LogP contribution >= 0.6 is 22.6 Å². The summed E-state index contributed by atoms with van der Waals surface area (Å²) in [5.41, 5.74) is 6.69. The number of hydrogen-bond donors (Lipinski definition) is 1. The largest absolute Gasteiger partial charge is 0.421 e.